The lowest BCUT2D eigenvalue weighted by molar-refractivity contribution is -0.384. The summed E-state index contributed by atoms with van der Waals surface area (Å²) < 4.78 is 5.19. The lowest BCUT2D eigenvalue weighted by Gasteiger charge is -2.19. The van der Waals surface area contributed by atoms with E-state index in [1.807, 2.05) is 72.7 Å². The van der Waals surface area contributed by atoms with Crippen molar-refractivity contribution in [3.05, 3.63) is 57.4 Å². The molecule has 9 nitrogen and oxygen atoms in total. The molecular weight excluding hydrogens is 434 g/mol. The quantitative estimate of drug-likeness (QED) is 0.341. The maximum Gasteiger partial charge on any atom is 0.407 e. The summed E-state index contributed by atoms with van der Waals surface area (Å²) >= 11 is 0. The first-order valence-corrected chi connectivity index (χ1v) is 11.6. The van der Waals surface area contributed by atoms with Crippen LogP contribution >= 0.6 is 0 Å². The Hall–Kier alpha value is -3.20. The second-order valence-electron chi connectivity index (χ2n) is 7.50. The van der Waals surface area contributed by atoms with Gasteiger partial charge in [0.2, 0.25) is 0 Å². The highest BCUT2D eigenvalue weighted by Crippen LogP contribution is 2.30. The molecule has 34 heavy (non-hydrogen) atoms. The molecule has 0 radical (unpaired) electrons. The molecule has 4 N–H and O–H groups in total. The number of anilines is 2. The van der Waals surface area contributed by atoms with Crippen molar-refractivity contribution in [3.8, 4) is 0 Å². The van der Waals surface area contributed by atoms with Gasteiger partial charge in [0.25, 0.3) is 0 Å². The number of carbonyl (C=O) groups is 1. The first kappa shape index (κ1) is 33.0. The van der Waals surface area contributed by atoms with E-state index >= 15 is 0 Å². The highest BCUT2D eigenvalue weighted by molar-refractivity contribution is 5.71. The van der Waals surface area contributed by atoms with E-state index in [1.54, 1.807) is 19.9 Å². The number of benzene rings is 1. The minimum Gasteiger partial charge on any atom is -0.444 e. The summed E-state index contributed by atoms with van der Waals surface area (Å²) in [5.41, 5.74) is 7.19. The molecule has 1 amide bonds. The number of hydrogen-bond donors (Lipinski definition) is 3. The normalized spacial score (nSPS) is 9.62. The Balaban J connectivity index is 0. The predicted molar refractivity (Wildman–Crippen MR) is 141 cm³/mol. The van der Waals surface area contributed by atoms with Crippen molar-refractivity contribution in [1.82, 2.24) is 10.3 Å². The number of nitrogens with zero attached hydrogens (tertiary/aromatic N) is 2. The number of nitro groups is 1. The van der Waals surface area contributed by atoms with Gasteiger partial charge >= 0.3 is 11.8 Å². The number of nitrogens with two attached hydrogens (primary N) is 1. The van der Waals surface area contributed by atoms with Crippen LogP contribution in [0.3, 0.4) is 0 Å². The van der Waals surface area contributed by atoms with Crippen LogP contribution in [0.2, 0.25) is 0 Å². The Morgan fingerprint density at radius 1 is 1.09 bits per heavy atom. The van der Waals surface area contributed by atoms with Gasteiger partial charge in [-0.25, -0.2) is 4.79 Å². The number of aromatic nitrogens is 1. The van der Waals surface area contributed by atoms with Crippen LogP contribution in [0.4, 0.5) is 21.9 Å². The summed E-state index contributed by atoms with van der Waals surface area (Å²) in [6, 6.07) is 9.16. The van der Waals surface area contributed by atoms with Gasteiger partial charge in [0, 0.05) is 17.9 Å². The molecule has 0 saturated heterocycles. The van der Waals surface area contributed by atoms with Crippen LogP contribution in [-0.4, -0.2) is 35.2 Å². The molecule has 1 heterocycles. The SMILES string of the molecule is CC.CC.CN.Cc1cc(Nc2ccc(CCNC(=O)OC(C)(C)C)cc2)c([N+](=O)[O-])c(C)n1. The number of rotatable bonds is 6. The Kier molecular flexibility index (Phi) is 16.8. The monoisotopic (exact) mass is 477 g/mol. The van der Waals surface area contributed by atoms with Crippen LogP contribution in [0.25, 0.3) is 0 Å². The third kappa shape index (κ3) is 12.7. The molecule has 0 spiro atoms. The van der Waals surface area contributed by atoms with Gasteiger partial charge in [0.15, 0.2) is 0 Å². The standard InChI is InChI=1S/C20H26N4O4.2C2H6.CH5N/c1-13-12-17(18(24(26)27)14(2)22-13)23-16-8-6-15(7-9-16)10-11-21-19(25)28-20(3,4)5;3*1-2/h6-9,12H,10-11H2,1-5H3,(H,21,25)(H,22,23);2*1-2H3;2H2,1H3. The number of alkyl carbamates (subject to hydrolysis) is 1. The van der Waals surface area contributed by atoms with Crippen LogP contribution in [0.5, 0.6) is 0 Å². The maximum atomic E-state index is 11.6. The fraction of sp³-hybridized carbons (Fsp3) is 0.520. The molecule has 0 aliphatic carbocycles. The summed E-state index contributed by atoms with van der Waals surface area (Å²) in [6.45, 7) is 17.3. The van der Waals surface area contributed by atoms with Crippen molar-refractivity contribution in [1.29, 1.82) is 0 Å². The van der Waals surface area contributed by atoms with Crippen LogP contribution in [0, 0.1) is 24.0 Å². The van der Waals surface area contributed by atoms with Gasteiger partial charge in [-0.1, -0.05) is 39.8 Å². The van der Waals surface area contributed by atoms with E-state index in [-0.39, 0.29) is 5.69 Å². The van der Waals surface area contributed by atoms with Crippen molar-refractivity contribution in [2.75, 3.05) is 18.9 Å². The van der Waals surface area contributed by atoms with Crippen molar-refractivity contribution in [2.24, 2.45) is 5.73 Å². The molecular formula is C25H43N5O4. The third-order valence-corrected chi connectivity index (χ3v) is 3.79. The molecule has 192 valence electrons. The minimum atomic E-state index is -0.524. The number of ether oxygens (including phenoxy) is 1. The Morgan fingerprint density at radius 3 is 2.09 bits per heavy atom. The van der Waals surface area contributed by atoms with Gasteiger partial charge in [-0.15, -0.1) is 0 Å². The van der Waals surface area contributed by atoms with Crippen molar-refractivity contribution in [2.45, 2.75) is 74.3 Å². The second kappa shape index (κ2) is 17.3. The summed E-state index contributed by atoms with van der Waals surface area (Å²) in [5, 5.41) is 17.1. The average Bonchev–Trinajstić information content (AvgIpc) is 2.77. The Bertz CT molecular complexity index is 863. The van der Waals surface area contributed by atoms with E-state index in [9.17, 15) is 14.9 Å². The van der Waals surface area contributed by atoms with Gasteiger partial charge < -0.3 is 21.1 Å². The molecule has 0 bridgehead atoms. The summed E-state index contributed by atoms with van der Waals surface area (Å²) in [6.07, 6.45) is 0.203. The second-order valence-corrected chi connectivity index (χ2v) is 7.50. The molecule has 9 heteroatoms. The number of pyridine rings is 1. The van der Waals surface area contributed by atoms with E-state index in [0.29, 0.717) is 30.0 Å². The van der Waals surface area contributed by atoms with E-state index in [1.165, 1.54) is 7.05 Å². The van der Waals surface area contributed by atoms with Gasteiger partial charge in [0.1, 0.15) is 17.0 Å². The fourth-order valence-electron chi connectivity index (χ4n) is 2.68. The largest absolute Gasteiger partial charge is 0.444 e. The highest BCUT2D eigenvalue weighted by Gasteiger charge is 2.19. The van der Waals surface area contributed by atoms with E-state index < -0.39 is 16.6 Å². The summed E-state index contributed by atoms with van der Waals surface area (Å²) in [5.74, 6) is 0. The lowest BCUT2D eigenvalue weighted by Crippen LogP contribution is -2.33. The van der Waals surface area contributed by atoms with Crippen molar-refractivity contribution in [3.63, 3.8) is 0 Å². The first-order valence-electron chi connectivity index (χ1n) is 11.6. The zero-order chi connectivity index (χ0) is 26.9. The van der Waals surface area contributed by atoms with Crippen LogP contribution < -0.4 is 16.4 Å². The van der Waals surface area contributed by atoms with Crippen molar-refractivity contribution >= 4 is 23.2 Å². The number of amides is 1. The van der Waals surface area contributed by atoms with Gasteiger partial charge in [-0.2, -0.15) is 0 Å². The van der Waals surface area contributed by atoms with Gasteiger partial charge in [-0.3, -0.25) is 15.1 Å². The third-order valence-electron chi connectivity index (χ3n) is 3.79. The molecule has 0 unspecified atom stereocenters. The van der Waals surface area contributed by atoms with Gasteiger partial charge in [0.05, 0.1) is 4.92 Å². The van der Waals surface area contributed by atoms with Crippen LogP contribution in [0.1, 0.15) is 65.4 Å². The number of carbonyl (C=O) groups excluding carboxylic acids is 1. The molecule has 2 aromatic rings. The zero-order valence-electron chi connectivity index (χ0n) is 22.4. The molecule has 0 aliphatic heterocycles. The maximum absolute atomic E-state index is 11.6. The molecule has 0 fully saturated rings. The van der Waals surface area contributed by atoms with E-state index in [2.05, 4.69) is 21.4 Å². The number of nitrogens with one attached hydrogen (secondary N) is 2. The van der Waals surface area contributed by atoms with Crippen molar-refractivity contribution < 1.29 is 14.5 Å². The first-order chi connectivity index (χ1) is 16.0. The highest BCUT2D eigenvalue weighted by atomic mass is 16.6. The topological polar surface area (TPSA) is 132 Å². The molecule has 1 aromatic heterocycles. The molecule has 0 aliphatic rings. The number of hydrogen-bond acceptors (Lipinski definition) is 7. The minimum absolute atomic E-state index is 0.0313. The Labute approximate surface area is 204 Å². The van der Waals surface area contributed by atoms with E-state index in [4.69, 9.17) is 4.74 Å². The molecule has 0 atom stereocenters. The van der Waals surface area contributed by atoms with Crippen LogP contribution in [0.15, 0.2) is 30.3 Å². The van der Waals surface area contributed by atoms with E-state index in [0.717, 1.165) is 11.3 Å². The summed E-state index contributed by atoms with van der Waals surface area (Å²) in [4.78, 5) is 26.7. The lowest BCUT2D eigenvalue weighted by atomic mass is 10.1. The number of aryl methyl sites for hydroxylation is 2. The fourth-order valence-corrected chi connectivity index (χ4v) is 2.68. The average molecular weight is 478 g/mol. The van der Waals surface area contributed by atoms with Crippen LogP contribution in [-0.2, 0) is 11.2 Å². The molecule has 2 rings (SSSR count). The zero-order valence-corrected chi connectivity index (χ0v) is 22.4. The molecule has 0 saturated carbocycles. The summed E-state index contributed by atoms with van der Waals surface area (Å²) in [7, 11) is 1.50. The predicted octanol–water partition coefficient (Wildman–Crippen LogP) is 6.04. The molecule has 1 aromatic carbocycles. The van der Waals surface area contributed by atoms with Gasteiger partial charge in [-0.05, 0) is 71.8 Å². The smallest absolute Gasteiger partial charge is 0.407 e. The Morgan fingerprint density at radius 2 is 1.62 bits per heavy atom.